The third-order valence-corrected chi connectivity index (χ3v) is 3.31. The predicted molar refractivity (Wildman–Crippen MR) is 54.4 cm³/mol. The number of nitrogens with one attached hydrogen (secondary N) is 1. The van der Waals surface area contributed by atoms with Crippen LogP contribution in [0.1, 0.15) is 19.3 Å². The molecule has 0 spiro atoms. The van der Waals surface area contributed by atoms with Gasteiger partial charge in [-0.05, 0) is 19.3 Å². The second-order valence-corrected chi connectivity index (χ2v) is 5.42. The predicted octanol–water partition coefficient (Wildman–Crippen LogP) is -0.568. The van der Waals surface area contributed by atoms with Gasteiger partial charge in [-0.3, -0.25) is 0 Å². The molecule has 0 heterocycles. The summed E-state index contributed by atoms with van der Waals surface area (Å²) in [5, 5.41) is 8.04. The van der Waals surface area contributed by atoms with Crippen molar-refractivity contribution in [1.82, 2.24) is 5.32 Å². The zero-order valence-corrected chi connectivity index (χ0v) is 9.22. The van der Waals surface area contributed by atoms with Crippen LogP contribution in [0.5, 0.6) is 0 Å². The van der Waals surface area contributed by atoms with E-state index in [-0.39, 0.29) is 5.75 Å². The highest BCUT2D eigenvalue weighted by atomic mass is 32.2. The third kappa shape index (κ3) is 4.36. The van der Waals surface area contributed by atoms with Crippen molar-refractivity contribution in [3.8, 4) is 0 Å². The number of ether oxygens (including phenoxy) is 1. The van der Waals surface area contributed by atoms with Crippen molar-refractivity contribution in [3.05, 3.63) is 0 Å². The second-order valence-electron chi connectivity index (χ2n) is 3.69. The molecule has 1 aliphatic rings. The van der Waals surface area contributed by atoms with Gasteiger partial charge in [-0.2, -0.15) is 0 Å². The Morgan fingerprint density at radius 2 is 2.21 bits per heavy atom. The summed E-state index contributed by atoms with van der Waals surface area (Å²) in [5.74, 6) is 0.00114. The standard InChI is InChI=1S/C8H18N2O3S/c1-13-8-3-2-7(6-8)10-4-5-14(9,11)12/h7-8,10H,2-6H2,1H3,(H2,9,11,12). The summed E-state index contributed by atoms with van der Waals surface area (Å²) < 4.78 is 26.5. The summed E-state index contributed by atoms with van der Waals surface area (Å²) >= 11 is 0. The van der Waals surface area contributed by atoms with Crippen LogP contribution in [-0.2, 0) is 14.8 Å². The number of sulfonamides is 1. The molecule has 14 heavy (non-hydrogen) atoms. The van der Waals surface area contributed by atoms with E-state index in [4.69, 9.17) is 9.88 Å². The van der Waals surface area contributed by atoms with Crippen LogP contribution < -0.4 is 10.5 Å². The van der Waals surface area contributed by atoms with Crippen molar-refractivity contribution in [2.75, 3.05) is 19.4 Å². The molecule has 0 aliphatic heterocycles. The zero-order chi connectivity index (χ0) is 10.6. The monoisotopic (exact) mass is 222 g/mol. The number of nitrogens with two attached hydrogens (primary N) is 1. The van der Waals surface area contributed by atoms with E-state index in [0.717, 1.165) is 19.3 Å². The lowest BCUT2D eigenvalue weighted by Crippen LogP contribution is -2.33. The van der Waals surface area contributed by atoms with Crippen LogP contribution in [0.2, 0.25) is 0 Å². The van der Waals surface area contributed by atoms with Crippen molar-refractivity contribution in [2.24, 2.45) is 5.14 Å². The molecule has 0 radical (unpaired) electrons. The summed E-state index contributed by atoms with van der Waals surface area (Å²) in [6, 6.07) is 0.377. The average molecular weight is 222 g/mol. The first-order valence-electron chi connectivity index (χ1n) is 4.78. The van der Waals surface area contributed by atoms with Gasteiger partial charge in [-0.15, -0.1) is 0 Å². The van der Waals surface area contributed by atoms with Crippen molar-refractivity contribution in [2.45, 2.75) is 31.4 Å². The Hall–Kier alpha value is -0.170. The van der Waals surface area contributed by atoms with E-state index in [1.807, 2.05) is 0 Å². The minimum atomic E-state index is -3.33. The van der Waals surface area contributed by atoms with Crippen LogP contribution in [0.3, 0.4) is 0 Å². The fourth-order valence-corrected chi connectivity index (χ4v) is 2.15. The smallest absolute Gasteiger partial charge is 0.210 e. The molecule has 0 aromatic heterocycles. The summed E-state index contributed by atoms with van der Waals surface area (Å²) in [7, 11) is -1.62. The molecular weight excluding hydrogens is 204 g/mol. The Balaban J connectivity index is 2.15. The van der Waals surface area contributed by atoms with E-state index in [0.29, 0.717) is 18.7 Å². The van der Waals surface area contributed by atoms with E-state index in [9.17, 15) is 8.42 Å². The van der Waals surface area contributed by atoms with Gasteiger partial charge in [0.15, 0.2) is 0 Å². The third-order valence-electron chi connectivity index (χ3n) is 2.54. The van der Waals surface area contributed by atoms with Gasteiger partial charge >= 0.3 is 0 Å². The quantitative estimate of drug-likeness (QED) is 0.653. The second kappa shape index (κ2) is 5.06. The average Bonchev–Trinajstić information content (AvgIpc) is 2.50. The normalized spacial score (nSPS) is 28.1. The maximum atomic E-state index is 10.6. The van der Waals surface area contributed by atoms with Gasteiger partial charge in [0.05, 0.1) is 11.9 Å². The van der Waals surface area contributed by atoms with Gasteiger partial charge in [0.25, 0.3) is 0 Å². The largest absolute Gasteiger partial charge is 0.381 e. The molecule has 1 aliphatic carbocycles. The minimum absolute atomic E-state index is 0.00114. The summed E-state index contributed by atoms with van der Waals surface area (Å²) in [4.78, 5) is 0. The number of rotatable bonds is 5. The van der Waals surface area contributed by atoms with Crippen LogP contribution in [0, 0.1) is 0 Å². The fraction of sp³-hybridized carbons (Fsp3) is 1.00. The van der Waals surface area contributed by atoms with Crippen molar-refractivity contribution in [3.63, 3.8) is 0 Å². The molecular formula is C8H18N2O3S. The molecule has 2 unspecified atom stereocenters. The zero-order valence-electron chi connectivity index (χ0n) is 8.40. The molecule has 5 nitrogen and oxygen atoms in total. The molecule has 84 valence electrons. The van der Waals surface area contributed by atoms with Crippen LogP contribution in [0.15, 0.2) is 0 Å². The lowest BCUT2D eigenvalue weighted by atomic mass is 10.2. The highest BCUT2D eigenvalue weighted by Gasteiger charge is 2.23. The van der Waals surface area contributed by atoms with Gasteiger partial charge < -0.3 is 10.1 Å². The maximum Gasteiger partial charge on any atom is 0.210 e. The van der Waals surface area contributed by atoms with Crippen LogP contribution in [0.4, 0.5) is 0 Å². The van der Waals surface area contributed by atoms with Crippen LogP contribution in [0.25, 0.3) is 0 Å². The summed E-state index contributed by atoms with van der Waals surface area (Å²) in [6.45, 7) is 0.430. The van der Waals surface area contributed by atoms with Gasteiger partial charge in [-0.25, -0.2) is 13.6 Å². The molecule has 0 aromatic rings. The van der Waals surface area contributed by atoms with Gasteiger partial charge in [0.2, 0.25) is 10.0 Å². The van der Waals surface area contributed by atoms with Crippen LogP contribution >= 0.6 is 0 Å². The Kier molecular flexibility index (Phi) is 4.31. The number of hydrogen-bond acceptors (Lipinski definition) is 4. The maximum absolute atomic E-state index is 10.6. The molecule has 0 bridgehead atoms. The molecule has 1 saturated carbocycles. The van der Waals surface area contributed by atoms with E-state index >= 15 is 0 Å². The molecule has 6 heteroatoms. The SMILES string of the molecule is COC1CCC(NCCS(N)(=O)=O)C1. The molecule has 0 aromatic carbocycles. The van der Waals surface area contributed by atoms with E-state index in [1.165, 1.54) is 0 Å². The highest BCUT2D eigenvalue weighted by molar-refractivity contribution is 7.89. The molecule has 3 N–H and O–H groups in total. The lowest BCUT2D eigenvalue weighted by Gasteiger charge is -2.11. The van der Waals surface area contributed by atoms with Gasteiger partial charge in [0.1, 0.15) is 0 Å². The van der Waals surface area contributed by atoms with Crippen molar-refractivity contribution >= 4 is 10.0 Å². The van der Waals surface area contributed by atoms with Crippen LogP contribution in [-0.4, -0.2) is 40.0 Å². The number of methoxy groups -OCH3 is 1. The number of primary sulfonamides is 1. The molecule has 1 rings (SSSR count). The van der Waals surface area contributed by atoms with E-state index < -0.39 is 10.0 Å². The molecule has 1 fully saturated rings. The van der Waals surface area contributed by atoms with Gasteiger partial charge in [-0.1, -0.05) is 0 Å². The Morgan fingerprint density at radius 1 is 1.50 bits per heavy atom. The number of hydrogen-bond donors (Lipinski definition) is 2. The summed E-state index contributed by atoms with van der Waals surface area (Å²) in [6.07, 6.45) is 3.37. The molecule has 0 amide bonds. The van der Waals surface area contributed by atoms with E-state index in [2.05, 4.69) is 5.32 Å². The summed E-state index contributed by atoms with van der Waals surface area (Å²) in [5.41, 5.74) is 0. The molecule has 2 atom stereocenters. The Morgan fingerprint density at radius 3 is 2.71 bits per heavy atom. The van der Waals surface area contributed by atoms with Crippen molar-refractivity contribution < 1.29 is 13.2 Å². The van der Waals surface area contributed by atoms with E-state index in [1.54, 1.807) is 7.11 Å². The fourth-order valence-electron chi connectivity index (χ4n) is 1.74. The molecule has 0 saturated heterocycles. The first kappa shape index (κ1) is 11.9. The van der Waals surface area contributed by atoms with Gasteiger partial charge in [0, 0.05) is 19.7 Å². The first-order valence-corrected chi connectivity index (χ1v) is 6.49. The highest BCUT2D eigenvalue weighted by Crippen LogP contribution is 2.20. The Labute approximate surface area is 85.1 Å². The first-order chi connectivity index (χ1) is 6.51. The van der Waals surface area contributed by atoms with Crippen molar-refractivity contribution in [1.29, 1.82) is 0 Å². The Bertz CT molecular complexity index is 266. The minimum Gasteiger partial charge on any atom is -0.381 e. The lowest BCUT2D eigenvalue weighted by molar-refractivity contribution is 0.107. The topological polar surface area (TPSA) is 81.4 Å².